The summed E-state index contributed by atoms with van der Waals surface area (Å²) in [6.07, 6.45) is 0. The molecule has 0 heteroatoms. The Morgan fingerprint density at radius 1 is 0.636 bits per heavy atom. The fourth-order valence-corrected chi connectivity index (χ4v) is 2.61. The summed E-state index contributed by atoms with van der Waals surface area (Å²) in [6, 6.07) is 17.0. The van der Waals surface area contributed by atoms with Crippen molar-refractivity contribution in [3.63, 3.8) is 0 Å². The lowest BCUT2D eigenvalue weighted by Gasteiger charge is -2.10. The quantitative estimate of drug-likeness (QED) is 0.318. The molecule has 0 spiro atoms. The standard InChI is InChI=1S/C18H14.2C2H6/c1-3-8-16-17-11-6-4-9-14(17)13(2)15-10-5-7-12-18(15)16;2*1-2/h4-7,9-12H,1-2H3;2*1-2H3. The molecule has 0 saturated heterocycles. The minimum Gasteiger partial charge on any atom is -0.101 e. The van der Waals surface area contributed by atoms with E-state index in [0.717, 1.165) is 5.56 Å². The van der Waals surface area contributed by atoms with E-state index < -0.39 is 0 Å². The third-order valence-corrected chi connectivity index (χ3v) is 3.45. The van der Waals surface area contributed by atoms with Crippen LogP contribution in [0.3, 0.4) is 0 Å². The lowest BCUT2D eigenvalue weighted by Crippen LogP contribution is -1.88. The van der Waals surface area contributed by atoms with Crippen LogP contribution in [0, 0.1) is 18.8 Å². The van der Waals surface area contributed by atoms with Gasteiger partial charge in [-0.1, -0.05) is 82.1 Å². The molecule has 0 aliphatic carbocycles. The molecule has 0 nitrogen and oxygen atoms in total. The molecule has 0 radical (unpaired) electrons. The van der Waals surface area contributed by atoms with Gasteiger partial charge in [-0.15, -0.1) is 5.92 Å². The molecular weight excluding hydrogens is 264 g/mol. The normalized spacial score (nSPS) is 9.00. The van der Waals surface area contributed by atoms with Gasteiger partial charge in [-0.05, 0) is 41.0 Å². The molecule has 22 heavy (non-hydrogen) atoms. The van der Waals surface area contributed by atoms with E-state index in [2.05, 4.69) is 67.3 Å². The summed E-state index contributed by atoms with van der Waals surface area (Å²) in [7, 11) is 0. The Kier molecular flexibility index (Phi) is 7.20. The van der Waals surface area contributed by atoms with Crippen molar-refractivity contribution in [1.29, 1.82) is 0 Å². The van der Waals surface area contributed by atoms with Crippen LogP contribution >= 0.6 is 0 Å². The molecule has 3 rings (SSSR count). The van der Waals surface area contributed by atoms with Crippen molar-refractivity contribution in [2.75, 3.05) is 0 Å². The highest BCUT2D eigenvalue weighted by Gasteiger charge is 2.08. The molecule has 0 bridgehead atoms. The molecule has 0 amide bonds. The SMILES string of the molecule is CC.CC.CC#Cc1c2ccccc2c(C)c2ccccc12. The Balaban J connectivity index is 0.000000561. The van der Waals surface area contributed by atoms with E-state index in [9.17, 15) is 0 Å². The molecule has 0 aliphatic heterocycles. The molecule has 0 aromatic heterocycles. The molecule has 0 atom stereocenters. The molecule has 3 aromatic rings. The Labute approximate surface area is 135 Å². The van der Waals surface area contributed by atoms with Gasteiger partial charge < -0.3 is 0 Å². The van der Waals surface area contributed by atoms with E-state index >= 15 is 0 Å². The van der Waals surface area contributed by atoms with Crippen LogP contribution in [0.2, 0.25) is 0 Å². The zero-order valence-electron chi connectivity index (χ0n) is 14.6. The lowest BCUT2D eigenvalue weighted by molar-refractivity contribution is 1.50. The second-order valence-corrected chi connectivity index (χ2v) is 4.47. The predicted molar refractivity (Wildman–Crippen MR) is 101 cm³/mol. The van der Waals surface area contributed by atoms with Gasteiger partial charge in [0, 0.05) is 5.56 Å². The van der Waals surface area contributed by atoms with Gasteiger partial charge >= 0.3 is 0 Å². The van der Waals surface area contributed by atoms with Gasteiger partial charge in [0.2, 0.25) is 0 Å². The van der Waals surface area contributed by atoms with Crippen LogP contribution in [-0.4, -0.2) is 0 Å². The van der Waals surface area contributed by atoms with E-state index in [1.165, 1.54) is 27.1 Å². The highest BCUT2D eigenvalue weighted by molar-refractivity contribution is 6.07. The summed E-state index contributed by atoms with van der Waals surface area (Å²) in [5.41, 5.74) is 2.48. The van der Waals surface area contributed by atoms with Crippen LogP contribution < -0.4 is 0 Å². The molecule has 114 valence electrons. The van der Waals surface area contributed by atoms with Gasteiger partial charge in [0.25, 0.3) is 0 Å². The van der Waals surface area contributed by atoms with Crippen LogP contribution in [0.4, 0.5) is 0 Å². The van der Waals surface area contributed by atoms with Gasteiger partial charge in [-0.25, -0.2) is 0 Å². The maximum absolute atomic E-state index is 3.27. The van der Waals surface area contributed by atoms with Crippen molar-refractivity contribution in [2.24, 2.45) is 0 Å². The van der Waals surface area contributed by atoms with Gasteiger partial charge in [-0.2, -0.15) is 0 Å². The Hall–Kier alpha value is -2.26. The fraction of sp³-hybridized carbons (Fsp3) is 0.273. The zero-order valence-corrected chi connectivity index (χ0v) is 14.6. The number of fused-ring (bicyclic) bond motifs is 2. The summed E-state index contributed by atoms with van der Waals surface area (Å²) >= 11 is 0. The van der Waals surface area contributed by atoms with Crippen molar-refractivity contribution in [3.05, 3.63) is 59.7 Å². The zero-order chi connectivity index (χ0) is 16.5. The summed E-state index contributed by atoms with van der Waals surface area (Å²) < 4.78 is 0. The number of benzene rings is 3. The monoisotopic (exact) mass is 290 g/mol. The van der Waals surface area contributed by atoms with Crippen LogP contribution in [0.5, 0.6) is 0 Å². The van der Waals surface area contributed by atoms with E-state index in [0.29, 0.717) is 0 Å². The first-order chi connectivity index (χ1) is 10.8. The first kappa shape index (κ1) is 17.8. The van der Waals surface area contributed by atoms with Gasteiger partial charge in [-0.3, -0.25) is 0 Å². The molecule has 0 aliphatic rings. The molecule has 0 heterocycles. The molecule has 0 fully saturated rings. The topological polar surface area (TPSA) is 0 Å². The molecule has 3 aromatic carbocycles. The average Bonchev–Trinajstić information content (AvgIpc) is 2.62. The second kappa shape index (κ2) is 8.90. The fourth-order valence-electron chi connectivity index (χ4n) is 2.61. The second-order valence-electron chi connectivity index (χ2n) is 4.47. The number of hydrogen-bond acceptors (Lipinski definition) is 0. The van der Waals surface area contributed by atoms with Crippen molar-refractivity contribution in [1.82, 2.24) is 0 Å². The summed E-state index contributed by atoms with van der Waals surface area (Å²) in [5.74, 6) is 6.31. The maximum Gasteiger partial charge on any atom is 0.0402 e. The van der Waals surface area contributed by atoms with E-state index in [4.69, 9.17) is 0 Å². The third kappa shape index (κ3) is 3.31. The van der Waals surface area contributed by atoms with Gasteiger partial charge in [0.15, 0.2) is 0 Å². The van der Waals surface area contributed by atoms with Crippen LogP contribution in [0.15, 0.2) is 48.5 Å². The van der Waals surface area contributed by atoms with Crippen molar-refractivity contribution in [3.8, 4) is 11.8 Å². The predicted octanol–water partition coefficient (Wildman–Crippen LogP) is 6.73. The smallest absolute Gasteiger partial charge is 0.0402 e. The summed E-state index contributed by atoms with van der Waals surface area (Å²) in [4.78, 5) is 0. The van der Waals surface area contributed by atoms with Gasteiger partial charge in [0.05, 0.1) is 0 Å². The molecule has 0 saturated carbocycles. The summed E-state index contributed by atoms with van der Waals surface area (Å²) in [6.45, 7) is 12.1. The van der Waals surface area contributed by atoms with Gasteiger partial charge in [0.1, 0.15) is 0 Å². The maximum atomic E-state index is 3.27. The van der Waals surface area contributed by atoms with E-state index in [1.54, 1.807) is 0 Å². The first-order valence-corrected chi connectivity index (χ1v) is 8.15. The average molecular weight is 290 g/mol. The van der Waals surface area contributed by atoms with Crippen molar-refractivity contribution < 1.29 is 0 Å². The third-order valence-electron chi connectivity index (χ3n) is 3.45. The van der Waals surface area contributed by atoms with E-state index in [1.807, 2.05) is 34.6 Å². The largest absolute Gasteiger partial charge is 0.101 e. The van der Waals surface area contributed by atoms with Crippen LogP contribution in [0.25, 0.3) is 21.5 Å². The Bertz CT molecular complexity index is 741. The highest BCUT2D eigenvalue weighted by Crippen LogP contribution is 2.31. The minimum atomic E-state index is 1.15. The lowest BCUT2D eigenvalue weighted by atomic mass is 9.93. The number of aryl methyl sites for hydroxylation is 1. The van der Waals surface area contributed by atoms with Crippen molar-refractivity contribution in [2.45, 2.75) is 41.5 Å². The highest BCUT2D eigenvalue weighted by atomic mass is 14.1. The number of hydrogen-bond donors (Lipinski definition) is 0. The molecular formula is C22H26. The first-order valence-electron chi connectivity index (χ1n) is 8.15. The molecule has 0 unspecified atom stereocenters. The van der Waals surface area contributed by atoms with E-state index in [-0.39, 0.29) is 0 Å². The minimum absolute atomic E-state index is 1.15. The summed E-state index contributed by atoms with van der Waals surface area (Å²) in [5, 5.41) is 5.11. The molecule has 0 N–H and O–H groups in total. The Morgan fingerprint density at radius 3 is 1.36 bits per heavy atom. The van der Waals surface area contributed by atoms with Crippen LogP contribution in [-0.2, 0) is 0 Å². The number of rotatable bonds is 0. The van der Waals surface area contributed by atoms with Crippen molar-refractivity contribution >= 4 is 21.5 Å². The Morgan fingerprint density at radius 2 is 1.00 bits per heavy atom. The van der Waals surface area contributed by atoms with Crippen LogP contribution in [0.1, 0.15) is 45.7 Å².